The van der Waals surface area contributed by atoms with Crippen LogP contribution in [0.3, 0.4) is 0 Å². The summed E-state index contributed by atoms with van der Waals surface area (Å²) >= 11 is 8.34. The van der Waals surface area contributed by atoms with Crippen molar-refractivity contribution in [1.29, 1.82) is 0 Å². The summed E-state index contributed by atoms with van der Waals surface area (Å²) in [7, 11) is 0. The van der Waals surface area contributed by atoms with E-state index in [-0.39, 0.29) is 11.6 Å². The Balaban J connectivity index is 1.43. The summed E-state index contributed by atoms with van der Waals surface area (Å²) in [6, 6.07) is 12.1. The standard InChI is InChI=1S/C20H15ClN4O3S2/c1-2-28-13-7-8-14-16(9-13)30-20(22-14)25-18(27)15-10-29-19(23-15)24-17(26)11-3-5-12(21)6-4-11/h3-10H,2H2,1H3,(H,22,25,27)(H,23,24,26). The van der Waals surface area contributed by atoms with E-state index in [1.807, 2.05) is 25.1 Å². The van der Waals surface area contributed by atoms with E-state index in [9.17, 15) is 9.59 Å². The van der Waals surface area contributed by atoms with Crippen LogP contribution in [0.25, 0.3) is 10.2 Å². The normalized spacial score (nSPS) is 10.7. The molecule has 2 heterocycles. The third-order valence-electron chi connectivity index (χ3n) is 3.96. The zero-order valence-electron chi connectivity index (χ0n) is 15.6. The number of rotatable bonds is 6. The maximum atomic E-state index is 12.5. The molecular formula is C20H15ClN4O3S2. The molecule has 0 saturated heterocycles. The smallest absolute Gasteiger partial charge is 0.276 e. The van der Waals surface area contributed by atoms with E-state index in [1.165, 1.54) is 11.3 Å². The summed E-state index contributed by atoms with van der Waals surface area (Å²) in [6.45, 7) is 2.50. The van der Waals surface area contributed by atoms with Gasteiger partial charge in [-0.05, 0) is 49.4 Å². The van der Waals surface area contributed by atoms with Crippen LogP contribution in [0.5, 0.6) is 5.75 Å². The molecule has 7 nitrogen and oxygen atoms in total. The molecule has 0 radical (unpaired) electrons. The van der Waals surface area contributed by atoms with E-state index in [4.69, 9.17) is 16.3 Å². The molecule has 0 fully saturated rings. The van der Waals surface area contributed by atoms with Gasteiger partial charge in [-0.15, -0.1) is 11.3 Å². The van der Waals surface area contributed by atoms with Gasteiger partial charge < -0.3 is 4.74 Å². The summed E-state index contributed by atoms with van der Waals surface area (Å²) < 4.78 is 6.40. The Morgan fingerprint density at radius 1 is 1.03 bits per heavy atom. The van der Waals surface area contributed by atoms with Gasteiger partial charge in [0, 0.05) is 16.0 Å². The molecule has 0 aliphatic rings. The largest absolute Gasteiger partial charge is 0.494 e. The van der Waals surface area contributed by atoms with Crippen molar-refractivity contribution >= 4 is 66.6 Å². The number of benzene rings is 2. The van der Waals surface area contributed by atoms with E-state index in [2.05, 4.69) is 20.6 Å². The molecule has 2 amide bonds. The highest BCUT2D eigenvalue weighted by Crippen LogP contribution is 2.29. The van der Waals surface area contributed by atoms with Gasteiger partial charge in [-0.2, -0.15) is 0 Å². The van der Waals surface area contributed by atoms with Crippen molar-refractivity contribution in [3.8, 4) is 5.75 Å². The van der Waals surface area contributed by atoms with Crippen molar-refractivity contribution in [1.82, 2.24) is 9.97 Å². The fourth-order valence-corrected chi connectivity index (χ4v) is 4.28. The first-order chi connectivity index (χ1) is 14.5. The average Bonchev–Trinajstić information content (AvgIpc) is 3.35. The average molecular weight is 459 g/mol. The highest BCUT2D eigenvalue weighted by atomic mass is 35.5. The summed E-state index contributed by atoms with van der Waals surface area (Å²) in [5.41, 5.74) is 1.41. The van der Waals surface area contributed by atoms with Crippen LogP contribution < -0.4 is 15.4 Å². The molecule has 0 aliphatic carbocycles. The second-order valence-corrected chi connectivity index (χ2v) is 8.36. The van der Waals surface area contributed by atoms with E-state index in [0.717, 1.165) is 27.3 Å². The first-order valence-corrected chi connectivity index (χ1v) is 11.0. The van der Waals surface area contributed by atoms with Crippen LogP contribution in [0.15, 0.2) is 47.8 Å². The minimum atomic E-state index is -0.401. The molecule has 0 unspecified atom stereocenters. The van der Waals surface area contributed by atoms with E-state index < -0.39 is 5.91 Å². The van der Waals surface area contributed by atoms with Crippen molar-refractivity contribution in [2.45, 2.75) is 6.92 Å². The number of thiazole rings is 2. The molecular weight excluding hydrogens is 444 g/mol. The van der Waals surface area contributed by atoms with Crippen LogP contribution in [0.2, 0.25) is 5.02 Å². The first-order valence-electron chi connectivity index (χ1n) is 8.89. The fraction of sp³-hybridized carbons (Fsp3) is 0.100. The molecule has 0 spiro atoms. The quantitative estimate of drug-likeness (QED) is 0.408. The van der Waals surface area contributed by atoms with Crippen LogP contribution in [0.4, 0.5) is 10.3 Å². The van der Waals surface area contributed by atoms with Gasteiger partial charge in [0.05, 0.1) is 16.8 Å². The molecule has 0 aliphatic heterocycles. The SMILES string of the molecule is CCOc1ccc2nc(NC(=O)c3csc(NC(=O)c4ccc(Cl)cc4)n3)sc2c1. The Bertz CT molecular complexity index is 1220. The van der Waals surface area contributed by atoms with E-state index in [0.29, 0.717) is 27.5 Å². The minimum Gasteiger partial charge on any atom is -0.494 e. The maximum absolute atomic E-state index is 12.5. The Kier molecular flexibility index (Phi) is 5.93. The Hall–Kier alpha value is -3.01. The van der Waals surface area contributed by atoms with Crippen LogP contribution in [-0.2, 0) is 0 Å². The van der Waals surface area contributed by atoms with Gasteiger partial charge in [0.1, 0.15) is 11.4 Å². The number of anilines is 2. The Labute approximate surface area is 184 Å². The highest BCUT2D eigenvalue weighted by molar-refractivity contribution is 7.22. The molecule has 2 aromatic heterocycles. The summed E-state index contributed by atoms with van der Waals surface area (Å²) in [5, 5.41) is 8.33. The molecule has 152 valence electrons. The molecule has 30 heavy (non-hydrogen) atoms. The predicted octanol–water partition coefficient (Wildman–Crippen LogP) is 5.31. The number of carbonyl (C=O) groups is 2. The summed E-state index contributed by atoms with van der Waals surface area (Å²) in [6.07, 6.45) is 0. The van der Waals surface area contributed by atoms with Gasteiger partial charge in [0.25, 0.3) is 11.8 Å². The van der Waals surface area contributed by atoms with E-state index >= 15 is 0 Å². The van der Waals surface area contributed by atoms with Crippen LogP contribution in [-0.4, -0.2) is 28.4 Å². The van der Waals surface area contributed by atoms with E-state index in [1.54, 1.807) is 29.6 Å². The molecule has 4 rings (SSSR count). The lowest BCUT2D eigenvalue weighted by Crippen LogP contribution is -2.14. The van der Waals surface area contributed by atoms with Crippen LogP contribution in [0.1, 0.15) is 27.8 Å². The van der Waals surface area contributed by atoms with Crippen LogP contribution in [0, 0.1) is 0 Å². The number of amides is 2. The number of aromatic nitrogens is 2. The minimum absolute atomic E-state index is 0.195. The number of halogens is 1. The van der Waals surface area contributed by atoms with Crippen molar-refractivity contribution in [3.63, 3.8) is 0 Å². The van der Waals surface area contributed by atoms with Crippen molar-refractivity contribution in [2.24, 2.45) is 0 Å². The lowest BCUT2D eigenvalue weighted by molar-refractivity contribution is 0.101. The van der Waals surface area contributed by atoms with Crippen molar-refractivity contribution in [2.75, 3.05) is 17.2 Å². The summed E-state index contributed by atoms with van der Waals surface area (Å²) in [4.78, 5) is 33.4. The zero-order valence-corrected chi connectivity index (χ0v) is 18.0. The molecule has 2 aromatic carbocycles. The van der Waals surface area contributed by atoms with Gasteiger partial charge in [0.2, 0.25) is 0 Å². The third-order valence-corrected chi connectivity index (χ3v) is 5.90. The zero-order chi connectivity index (χ0) is 21.1. The Morgan fingerprint density at radius 2 is 1.80 bits per heavy atom. The Morgan fingerprint density at radius 3 is 2.57 bits per heavy atom. The molecule has 0 atom stereocenters. The summed E-state index contributed by atoms with van der Waals surface area (Å²) in [5.74, 6) is 0.0266. The second-order valence-electron chi connectivity index (χ2n) is 6.03. The molecule has 10 heteroatoms. The lowest BCUT2D eigenvalue weighted by atomic mass is 10.2. The molecule has 0 bridgehead atoms. The fourth-order valence-electron chi connectivity index (χ4n) is 2.58. The molecule has 0 saturated carbocycles. The van der Waals surface area contributed by atoms with Gasteiger partial charge in [0.15, 0.2) is 10.3 Å². The topological polar surface area (TPSA) is 93.2 Å². The van der Waals surface area contributed by atoms with Crippen molar-refractivity contribution < 1.29 is 14.3 Å². The van der Waals surface area contributed by atoms with Gasteiger partial charge in [-0.1, -0.05) is 22.9 Å². The number of ether oxygens (including phenoxy) is 1. The van der Waals surface area contributed by atoms with Gasteiger partial charge in [-0.3, -0.25) is 20.2 Å². The number of carbonyl (C=O) groups excluding carboxylic acids is 2. The number of nitrogens with zero attached hydrogens (tertiary/aromatic N) is 2. The van der Waals surface area contributed by atoms with Crippen molar-refractivity contribution in [3.05, 3.63) is 64.1 Å². The first kappa shape index (κ1) is 20.3. The number of fused-ring (bicyclic) bond motifs is 1. The number of hydrogen-bond acceptors (Lipinski definition) is 7. The molecule has 4 aromatic rings. The number of nitrogens with one attached hydrogen (secondary N) is 2. The van der Waals surface area contributed by atoms with Gasteiger partial charge >= 0.3 is 0 Å². The highest BCUT2D eigenvalue weighted by Gasteiger charge is 2.15. The number of hydrogen-bond donors (Lipinski definition) is 2. The van der Waals surface area contributed by atoms with Crippen LogP contribution >= 0.6 is 34.3 Å². The lowest BCUT2D eigenvalue weighted by Gasteiger charge is -2.01. The maximum Gasteiger partial charge on any atom is 0.276 e. The molecule has 2 N–H and O–H groups in total. The monoisotopic (exact) mass is 458 g/mol. The second kappa shape index (κ2) is 8.78. The third kappa shape index (κ3) is 4.59. The predicted molar refractivity (Wildman–Crippen MR) is 120 cm³/mol. The van der Waals surface area contributed by atoms with Gasteiger partial charge in [-0.25, -0.2) is 9.97 Å².